The van der Waals surface area contributed by atoms with Gasteiger partial charge in [0.05, 0.1) is 15.4 Å². The maximum Gasteiger partial charge on any atom is 0.338 e. The van der Waals surface area contributed by atoms with E-state index in [-0.39, 0.29) is 15.4 Å². The van der Waals surface area contributed by atoms with Crippen molar-refractivity contribution < 1.29 is 31.2 Å². The van der Waals surface area contributed by atoms with Crippen LogP contribution in [0.3, 0.4) is 0 Å². The summed E-state index contributed by atoms with van der Waals surface area (Å²) in [6, 6.07) is 11.0. The van der Waals surface area contributed by atoms with Crippen LogP contribution in [0, 0.1) is 0 Å². The number of anilines is 1. The minimum absolute atomic E-state index is 0.0672. The first kappa shape index (κ1) is 23.9. The molecule has 3 rings (SSSR count). The molecule has 0 saturated carbocycles. The van der Waals surface area contributed by atoms with Crippen molar-refractivity contribution in [3.05, 3.63) is 54.1 Å². The summed E-state index contributed by atoms with van der Waals surface area (Å²) < 4.78 is 54.6. The van der Waals surface area contributed by atoms with E-state index in [1.165, 1.54) is 52.8 Å². The van der Waals surface area contributed by atoms with E-state index >= 15 is 0 Å². The van der Waals surface area contributed by atoms with Gasteiger partial charge in [-0.05, 0) is 61.4 Å². The van der Waals surface area contributed by atoms with Crippen LogP contribution in [-0.2, 0) is 29.4 Å². The summed E-state index contributed by atoms with van der Waals surface area (Å²) in [4.78, 5) is 24.3. The van der Waals surface area contributed by atoms with Gasteiger partial charge in [0.25, 0.3) is 5.91 Å². The van der Waals surface area contributed by atoms with E-state index < -0.39 is 38.3 Å². The zero-order valence-corrected chi connectivity index (χ0v) is 19.1. The number of rotatable bonds is 7. The summed E-state index contributed by atoms with van der Waals surface area (Å²) in [5, 5.41) is 2.53. The van der Waals surface area contributed by atoms with Crippen LogP contribution in [0.15, 0.2) is 58.3 Å². The Labute approximate surface area is 187 Å². The minimum Gasteiger partial charge on any atom is -0.452 e. The molecule has 172 valence electrons. The third-order valence-corrected chi connectivity index (χ3v) is 7.98. The third-order valence-electron chi connectivity index (χ3n) is 4.94. The summed E-state index contributed by atoms with van der Waals surface area (Å²) in [5.74, 6) is -1.37. The number of ether oxygens (including phenoxy) is 1. The van der Waals surface area contributed by atoms with Gasteiger partial charge >= 0.3 is 5.97 Å². The lowest BCUT2D eigenvalue weighted by atomic mass is 10.2. The lowest BCUT2D eigenvalue weighted by Crippen LogP contribution is -2.35. The number of hydrogen-bond donors (Lipinski definition) is 1. The highest BCUT2D eigenvalue weighted by Gasteiger charge is 2.25. The highest BCUT2D eigenvalue weighted by atomic mass is 32.2. The third kappa shape index (κ3) is 5.93. The lowest BCUT2D eigenvalue weighted by molar-refractivity contribution is -0.119. The second-order valence-electron chi connectivity index (χ2n) is 7.41. The maximum absolute atomic E-state index is 12.7. The number of benzene rings is 2. The molecule has 0 spiro atoms. The van der Waals surface area contributed by atoms with E-state index in [9.17, 15) is 26.4 Å². The van der Waals surface area contributed by atoms with Crippen LogP contribution < -0.4 is 5.32 Å². The molecule has 32 heavy (non-hydrogen) atoms. The quantitative estimate of drug-likeness (QED) is 0.601. The van der Waals surface area contributed by atoms with Crippen LogP contribution >= 0.6 is 0 Å². The van der Waals surface area contributed by atoms with E-state index in [2.05, 4.69) is 5.32 Å². The molecule has 0 radical (unpaired) electrons. The Morgan fingerprint density at radius 2 is 1.44 bits per heavy atom. The molecular formula is C21H24N2O7S2. The Hall–Kier alpha value is -2.76. The average molecular weight is 481 g/mol. The lowest BCUT2D eigenvalue weighted by Gasteiger charge is -2.25. The molecule has 1 N–H and O–H groups in total. The predicted molar refractivity (Wildman–Crippen MR) is 118 cm³/mol. The van der Waals surface area contributed by atoms with Gasteiger partial charge in [-0.3, -0.25) is 4.79 Å². The fraction of sp³-hybridized carbons (Fsp3) is 0.333. The zero-order chi connectivity index (χ0) is 23.4. The molecule has 2 aromatic carbocycles. The standard InChI is InChI=1S/C21H24N2O7S2/c1-31(26,27)18-9-5-16(6-10-18)21(25)30-15-20(24)22-17-7-11-19(12-8-17)32(28,29)23-13-3-2-4-14-23/h5-12H,2-4,13-15H2,1H3,(H,22,24). The van der Waals surface area contributed by atoms with Gasteiger partial charge in [-0.25, -0.2) is 21.6 Å². The highest BCUT2D eigenvalue weighted by molar-refractivity contribution is 7.90. The molecule has 0 atom stereocenters. The molecule has 1 aliphatic heterocycles. The topological polar surface area (TPSA) is 127 Å². The van der Waals surface area contributed by atoms with Crippen LogP contribution in [0.5, 0.6) is 0 Å². The smallest absolute Gasteiger partial charge is 0.338 e. The molecule has 1 heterocycles. The number of nitrogens with zero attached hydrogens (tertiary/aromatic N) is 1. The first-order valence-corrected chi connectivity index (χ1v) is 13.3. The SMILES string of the molecule is CS(=O)(=O)c1ccc(C(=O)OCC(=O)Nc2ccc(S(=O)(=O)N3CCCCC3)cc2)cc1. The molecule has 0 aromatic heterocycles. The number of sulfonamides is 1. The van der Waals surface area contributed by atoms with Crippen LogP contribution in [0.2, 0.25) is 0 Å². The molecule has 11 heteroatoms. The summed E-state index contributed by atoms with van der Waals surface area (Å²) in [7, 11) is -6.94. The largest absolute Gasteiger partial charge is 0.452 e. The van der Waals surface area contributed by atoms with Crippen LogP contribution in [0.1, 0.15) is 29.6 Å². The first-order valence-electron chi connectivity index (χ1n) is 9.95. The highest BCUT2D eigenvalue weighted by Crippen LogP contribution is 2.22. The second-order valence-corrected chi connectivity index (χ2v) is 11.4. The monoisotopic (exact) mass is 480 g/mol. The van der Waals surface area contributed by atoms with E-state index in [0.29, 0.717) is 18.8 Å². The van der Waals surface area contributed by atoms with Gasteiger partial charge in [-0.2, -0.15) is 4.31 Å². The molecule has 2 aromatic rings. The fourth-order valence-electron chi connectivity index (χ4n) is 3.21. The maximum atomic E-state index is 12.7. The molecule has 9 nitrogen and oxygen atoms in total. The number of sulfone groups is 1. The van der Waals surface area contributed by atoms with Crippen LogP contribution in [-0.4, -0.2) is 59.0 Å². The summed E-state index contributed by atoms with van der Waals surface area (Å²) in [6.45, 7) is 0.451. The zero-order valence-electron chi connectivity index (χ0n) is 17.5. The fourth-order valence-corrected chi connectivity index (χ4v) is 5.36. The van der Waals surface area contributed by atoms with Gasteiger partial charge in [0.15, 0.2) is 16.4 Å². The Morgan fingerprint density at radius 3 is 2.00 bits per heavy atom. The van der Waals surface area contributed by atoms with E-state index in [0.717, 1.165) is 25.5 Å². The molecule has 0 aliphatic carbocycles. The molecular weight excluding hydrogens is 456 g/mol. The van der Waals surface area contributed by atoms with Gasteiger partial charge in [0.2, 0.25) is 10.0 Å². The predicted octanol–water partition coefficient (Wildman–Crippen LogP) is 2.06. The van der Waals surface area contributed by atoms with Gasteiger partial charge < -0.3 is 10.1 Å². The van der Waals surface area contributed by atoms with Crippen LogP contribution in [0.4, 0.5) is 5.69 Å². The number of hydrogen-bond acceptors (Lipinski definition) is 7. The number of carbonyl (C=O) groups excluding carboxylic acids is 2. The number of nitrogens with one attached hydrogen (secondary N) is 1. The van der Waals surface area contributed by atoms with Crippen molar-refractivity contribution in [3.63, 3.8) is 0 Å². The Bertz CT molecular complexity index is 1180. The van der Waals surface area contributed by atoms with Crippen LogP contribution in [0.25, 0.3) is 0 Å². The van der Waals surface area contributed by atoms with Crippen molar-refractivity contribution in [2.24, 2.45) is 0 Å². The molecule has 0 bridgehead atoms. The summed E-state index contributed by atoms with van der Waals surface area (Å²) in [6.07, 6.45) is 3.76. The van der Waals surface area contributed by atoms with E-state index in [4.69, 9.17) is 4.74 Å². The molecule has 1 amide bonds. The molecule has 0 unspecified atom stereocenters. The molecule has 1 saturated heterocycles. The summed E-state index contributed by atoms with van der Waals surface area (Å²) >= 11 is 0. The van der Waals surface area contributed by atoms with Crippen molar-refractivity contribution in [2.45, 2.75) is 29.1 Å². The number of piperidine rings is 1. The van der Waals surface area contributed by atoms with E-state index in [1.54, 1.807) is 0 Å². The van der Waals surface area contributed by atoms with Crippen molar-refractivity contribution in [3.8, 4) is 0 Å². The van der Waals surface area contributed by atoms with Gasteiger partial charge in [-0.1, -0.05) is 6.42 Å². The van der Waals surface area contributed by atoms with Crippen molar-refractivity contribution in [1.82, 2.24) is 4.31 Å². The normalized spacial score (nSPS) is 15.2. The first-order chi connectivity index (χ1) is 15.1. The van der Waals surface area contributed by atoms with Crippen molar-refractivity contribution in [2.75, 3.05) is 31.3 Å². The van der Waals surface area contributed by atoms with Gasteiger partial charge in [-0.15, -0.1) is 0 Å². The van der Waals surface area contributed by atoms with Gasteiger partial charge in [0.1, 0.15) is 0 Å². The minimum atomic E-state index is -3.56. The number of carbonyl (C=O) groups is 2. The summed E-state index contributed by atoms with van der Waals surface area (Å²) in [5.41, 5.74) is 0.471. The second kappa shape index (κ2) is 9.80. The van der Waals surface area contributed by atoms with Crippen molar-refractivity contribution in [1.29, 1.82) is 0 Å². The number of amides is 1. The Balaban J connectivity index is 1.54. The van der Waals surface area contributed by atoms with Gasteiger partial charge in [0, 0.05) is 25.0 Å². The molecule has 1 aliphatic rings. The van der Waals surface area contributed by atoms with Crippen molar-refractivity contribution >= 4 is 37.4 Å². The Kier molecular flexibility index (Phi) is 7.32. The molecule has 1 fully saturated rings. The average Bonchev–Trinajstić information content (AvgIpc) is 2.78. The van der Waals surface area contributed by atoms with E-state index in [1.807, 2.05) is 0 Å². The Morgan fingerprint density at radius 1 is 0.875 bits per heavy atom. The number of esters is 1.